The van der Waals surface area contributed by atoms with Crippen LogP contribution in [-0.2, 0) is 14.3 Å². The van der Waals surface area contributed by atoms with Crippen LogP contribution in [0.15, 0.2) is 0 Å². The van der Waals surface area contributed by atoms with Crippen LogP contribution >= 0.6 is 0 Å². The second-order valence-electron chi connectivity index (χ2n) is 4.52. The van der Waals surface area contributed by atoms with E-state index in [0.717, 1.165) is 45.4 Å². The maximum atomic E-state index is 11.4. The number of rotatable bonds is 12. The van der Waals surface area contributed by atoms with Crippen LogP contribution in [0.25, 0.3) is 0 Å². The standard InChI is InChI=1S/C14H27NO3.C2H6.H2/c1-3-18-12-7-5-4-6-11-15-14(17)10-8-9-13(2)16;1-2;/h3-12H2,1-2H3,(H,15,17);1-2H3;1H. The van der Waals surface area contributed by atoms with Crippen molar-refractivity contribution in [2.75, 3.05) is 19.8 Å². The normalized spacial score (nSPS) is 9.60. The van der Waals surface area contributed by atoms with Crippen molar-refractivity contribution in [2.24, 2.45) is 0 Å². The number of Topliss-reactive ketones (excluding diaryl/α,β-unsaturated/α-hetero) is 1. The highest BCUT2D eigenvalue weighted by molar-refractivity contribution is 5.78. The quantitative estimate of drug-likeness (QED) is 0.557. The molecule has 0 aliphatic rings. The Balaban J connectivity index is -0.00000103. The van der Waals surface area contributed by atoms with Crippen molar-refractivity contribution >= 4 is 11.7 Å². The van der Waals surface area contributed by atoms with E-state index in [0.29, 0.717) is 19.3 Å². The van der Waals surface area contributed by atoms with Crippen LogP contribution in [0.2, 0.25) is 0 Å². The minimum atomic E-state index is 0. The molecule has 20 heavy (non-hydrogen) atoms. The lowest BCUT2D eigenvalue weighted by Crippen LogP contribution is -2.24. The molecule has 0 aliphatic carbocycles. The molecule has 0 aliphatic heterocycles. The van der Waals surface area contributed by atoms with Crippen molar-refractivity contribution in [3.8, 4) is 0 Å². The largest absolute Gasteiger partial charge is 0.382 e. The Kier molecular flexibility index (Phi) is 19.4. The number of amides is 1. The van der Waals surface area contributed by atoms with Gasteiger partial charge in [-0.25, -0.2) is 0 Å². The van der Waals surface area contributed by atoms with E-state index in [9.17, 15) is 9.59 Å². The molecule has 4 heteroatoms. The van der Waals surface area contributed by atoms with E-state index in [1.807, 2.05) is 20.8 Å². The summed E-state index contributed by atoms with van der Waals surface area (Å²) in [6.07, 6.45) is 6.02. The fourth-order valence-corrected chi connectivity index (χ4v) is 1.64. The molecule has 4 nitrogen and oxygen atoms in total. The molecule has 0 aromatic heterocycles. The van der Waals surface area contributed by atoms with Gasteiger partial charge in [-0.15, -0.1) is 0 Å². The van der Waals surface area contributed by atoms with E-state index in [2.05, 4.69) is 5.32 Å². The van der Waals surface area contributed by atoms with Gasteiger partial charge in [-0.05, 0) is 33.1 Å². The zero-order valence-corrected chi connectivity index (χ0v) is 13.8. The van der Waals surface area contributed by atoms with Crippen LogP contribution in [0.1, 0.15) is 74.1 Å². The highest BCUT2D eigenvalue weighted by Gasteiger charge is 2.01. The molecule has 0 aromatic carbocycles. The predicted octanol–water partition coefficient (Wildman–Crippen LogP) is 3.73. The molecule has 0 radical (unpaired) electrons. The molecular formula is C16H35NO3. The van der Waals surface area contributed by atoms with Gasteiger partial charge >= 0.3 is 0 Å². The predicted molar refractivity (Wildman–Crippen MR) is 86.0 cm³/mol. The van der Waals surface area contributed by atoms with E-state index >= 15 is 0 Å². The number of hydrogen-bond donors (Lipinski definition) is 1. The second-order valence-corrected chi connectivity index (χ2v) is 4.52. The molecular weight excluding hydrogens is 254 g/mol. The van der Waals surface area contributed by atoms with Crippen molar-refractivity contribution < 1.29 is 15.8 Å². The van der Waals surface area contributed by atoms with Gasteiger partial charge in [-0.2, -0.15) is 0 Å². The number of ether oxygens (including phenoxy) is 1. The Labute approximate surface area is 126 Å². The average molecular weight is 289 g/mol. The van der Waals surface area contributed by atoms with Crippen molar-refractivity contribution in [3.63, 3.8) is 0 Å². The van der Waals surface area contributed by atoms with Gasteiger partial charge in [0, 0.05) is 34.0 Å². The van der Waals surface area contributed by atoms with Crippen LogP contribution in [0.4, 0.5) is 0 Å². The molecule has 0 atom stereocenters. The van der Waals surface area contributed by atoms with Gasteiger partial charge in [0.25, 0.3) is 0 Å². The molecule has 0 bridgehead atoms. The topological polar surface area (TPSA) is 55.4 Å². The Bertz CT molecular complexity index is 236. The molecule has 0 unspecified atom stereocenters. The lowest BCUT2D eigenvalue weighted by molar-refractivity contribution is -0.121. The first-order chi connectivity index (χ1) is 9.66. The van der Waals surface area contributed by atoms with Crippen molar-refractivity contribution in [2.45, 2.75) is 72.6 Å². The van der Waals surface area contributed by atoms with Crippen LogP contribution in [-0.4, -0.2) is 31.4 Å². The number of hydrogen-bond acceptors (Lipinski definition) is 3. The number of ketones is 1. The molecule has 1 amide bonds. The molecule has 0 spiro atoms. The summed E-state index contributed by atoms with van der Waals surface area (Å²) in [5.41, 5.74) is 0. The third-order valence-electron chi connectivity index (χ3n) is 2.67. The third-order valence-corrected chi connectivity index (χ3v) is 2.67. The molecule has 0 heterocycles. The molecule has 1 N–H and O–H groups in total. The van der Waals surface area contributed by atoms with Gasteiger partial charge in [0.2, 0.25) is 5.91 Å². The Hall–Kier alpha value is -0.900. The molecule has 0 saturated carbocycles. The van der Waals surface area contributed by atoms with E-state index < -0.39 is 0 Å². The summed E-state index contributed by atoms with van der Waals surface area (Å²) in [6.45, 7) is 9.93. The summed E-state index contributed by atoms with van der Waals surface area (Å²) in [5, 5.41) is 2.88. The summed E-state index contributed by atoms with van der Waals surface area (Å²) in [4.78, 5) is 22.0. The van der Waals surface area contributed by atoms with E-state index in [1.54, 1.807) is 6.92 Å². The first-order valence-electron chi connectivity index (χ1n) is 8.00. The SMILES string of the molecule is CC.CCOCCCCCCNC(=O)CCCC(C)=O.[HH]. The van der Waals surface area contributed by atoms with Crippen LogP contribution in [0.5, 0.6) is 0 Å². The lowest BCUT2D eigenvalue weighted by atomic mass is 10.2. The summed E-state index contributed by atoms with van der Waals surface area (Å²) < 4.78 is 5.24. The molecule has 0 fully saturated rings. The van der Waals surface area contributed by atoms with Crippen molar-refractivity contribution in [1.82, 2.24) is 5.32 Å². The number of carbonyl (C=O) groups is 2. The Morgan fingerprint density at radius 1 is 1.00 bits per heavy atom. The first-order valence-corrected chi connectivity index (χ1v) is 8.00. The van der Waals surface area contributed by atoms with Gasteiger partial charge in [-0.3, -0.25) is 4.79 Å². The van der Waals surface area contributed by atoms with Crippen molar-refractivity contribution in [3.05, 3.63) is 0 Å². The zero-order valence-electron chi connectivity index (χ0n) is 13.8. The highest BCUT2D eigenvalue weighted by Crippen LogP contribution is 2.00. The molecule has 0 rings (SSSR count). The number of nitrogens with one attached hydrogen (secondary N) is 1. The van der Waals surface area contributed by atoms with E-state index in [1.165, 1.54) is 0 Å². The van der Waals surface area contributed by atoms with Gasteiger partial charge in [0.05, 0.1) is 0 Å². The molecule has 0 saturated heterocycles. The highest BCUT2D eigenvalue weighted by atomic mass is 16.5. The maximum Gasteiger partial charge on any atom is 0.220 e. The van der Waals surface area contributed by atoms with Gasteiger partial charge in [0.1, 0.15) is 5.78 Å². The summed E-state index contributed by atoms with van der Waals surface area (Å²) in [7, 11) is 0. The summed E-state index contributed by atoms with van der Waals surface area (Å²) in [6, 6.07) is 0. The number of unbranched alkanes of at least 4 members (excludes halogenated alkanes) is 3. The monoisotopic (exact) mass is 289 g/mol. The van der Waals surface area contributed by atoms with Crippen LogP contribution in [0, 0.1) is 0 Å². The fourth-order valence-electron chi connectivity index (χ4n) is 1.64. The number of carbonyl (C=O) groups excluding carboxylic acids is 2. The average Bonchev–Trinajstić information content (AvgIpc) is 2.43. The molecule has 122 valence electrons. The lowest BCUT2D eigenvalue weighted by Gasteiger charge is -2.05. The van der Waals surface area contributed by atoms with Gasteiger partial charge in [0.15, 0.2) is 0 Å². The van der Waals surface area contributed by atoms with E-state index in [4.69, 9.17) is 4.74 Å². The minimum Gasteiger partial charge on any atom is -0.382 e. The van der Waals surface area contributed by atoms with Crippen LogP contribution in [0.3, 0.4) is 0 Å². The fraction of sp³-hybridized carbons (Fsp3) is 0.875. The Morgan fingerprint density at radius 3 is 2.25 bits per heavy atom. The van der Waals surface area contributed by atoms with E-state index in [-0.39, 0.29) is 13.1 Å². The van der Waals surface area contributed by atoms with Crippen molar-refractivity contribution in [1.29, 1.82) is 0 Å². The third kappa shape index (κ3) is 19.4. The van der Waals surface area contributed by atoms with Gasteiger partial charge in [-0.1, -0.05) is 26.7 Å². The zero-order chi connectivity index (χ0) is 15.6. The summed E-state index contributed by atoms with van der Waals surface area (Å²) in [5.74, 6) is 0.211. The van der Waals surface area contributed by atoms with Crippen LogP contribution < -0.4 is 5.32 Å². The molecule has 0 aromatic rings. The maximum absolute atomic E-state index is 11.4. The smallest absolute Gasteiger partial charge is 0.220 e. The minimum absolute atomic E-state index is 0. The Morgan fingerprint density at radius 2 is 1.65 bits per heavy atom. The second kappa shape index (κ2) is 18.1. The summed E-state index contributed by atoms with van der Waals surface area (Å²) >= 11 is 0. The first kappa shape index (κ1) is 21.4. The van der Waals surface area contributed by atoms with Gasteiger partial charge < -0.3 is 14.8 Å².